The Morgan fingerprint density at radius 2 is 2.21 bits per heavy atom. The number of hydrogen-bond acceptors (Lipinski definition) is 3. The van der Waals surface area contributed by atoms with E-state index in [2.05, 4.69) is 10.4 Å². The first-order valence-corrected chi connectivity index (χ1v) is 6.39. The number of amides is 1. The predicted molar refractivity (Wildman–Crippen MR) is 70.6 cm³/mol. The number of aliphatic carboxylic acids is 1. The Bertz CT molecular complexity index is 456. The van der Waals surface area contributed by atoms with Gasteiger partial charge in [-0.15, -0.1) is 0 Å². The van der Waals surface area contributed by atoms with Crippen LogP contribution in [0.2, 0.25) is 0 Å². The van der Waals surface area contributed by atoms with Gasteiger partial charge < -0.3 is 10.4 Å². The highest BCUT2D eigenvalue weighted by molar-refractivity contribution is 5.86. The Morgan fingerprint density at radius 1 is 1.53 bits per heavy atom. The summed E-state index contributed by atoms with van der Waals surface area (Å²) >= 11 is 0. The normalized spacial score (nSPS) is 13.8. The van der Waals surface area contributed by atoms with Gasteiger partial charge in [0.15, 0.2) is 0 Å². The quantitative estimate of drug-likeness (QED) is 0.775. The van der Waals surface area contributed by atoms with Gasteiger partial charge in [-0.1, -0.05) is 13.3 Å². The topological polar surface area (TPSA) is 84.2 Å². The molecule has 1 amide bonds. The summed E-state index contributed by atoms with van der Waals surface area (Å²) in [5.74, 6) is -1.24. The van der Waals surface area contributed by atoms with Crippen LogP contribution in [0.15, 0.2) is 12.4 Å². The molecular formula is C13H21N3O3. The molecule has 0 radical (unpaired) electrons. The number of rotatable bonds is 7. The van der Waals surface area contributed by atoms with Crippen LogP contribution in [0.1, 0.15) is 38.7 Å². The third kappa shape index (κ3) is 4.39. The van der Waals surface area contributed by atoms with Gasteiger partial charge in [-0.2, -0.15) is 5.10 Å². The first-order valence-electron chi connectivity index (χ1n) is 6.39. The Kier molecular flexibility index (Phi) is 5.09. The van der Waals surface area contributed by atoms with Crippen LogP contribution in [0, 0.1) is 0 Å². The SMILES string of the molecule is CCCC(C)(NC(=O)CCc1cnn(C)c1)C(=O)O. The van der Waals surface area contributed by atoms with Gasteiger partial charge in [-0.05, 0) is 25.3 Å². The molecule has 0 aromatic carbocycles. The predicted octanol–water partition coefficient (Wildman–Crippen LogP) is 1.11. The summed E-state index contributed by atoms with van der Waals surface area (Å²) < 4.78 is 1.67. The number of carboxylic acids is 1. The van der Waals surface area contributed by atoms with Gasteiger partial charge in [0.1, 0.15) is 5.54 Å². The highest BCUT2D eigenvalue weighted by atomic mass is 16.4. The van der Waals surface area contributed by atoms with Crippen molar-refractivity contribution in [2.75, 3.05) is 0 Å². The summed E-state index contributed by atoms with van der Waals surface area (Å²) in [6.45, 7) is 3.43. The molecule has 1 atom stereocenters. The molecule has 0 saturated heterocycles. The van der Waals surface area contributed by atoms with Gasteiger partial charge in [0.05, 0.1) is 6.20 Å². The highest BCUT2D eigenvalue weighted by Crippen LogP contribution is 2.13. The van der Waals surface area contributed by atoms with Gasteiger partial charge in [-0.3, -0.25) is 9.48 Å². The lowest BCUT2D eigenvalue weighted by molar-refractivity contribution is -0.147. The van der Waals surface area contributed by atoms with E-state index in [9.17, 15) is 14.7 Å². The summed E-state index contributed by atoms with van der Waals surface area (Å²) in [7, 11) is 1.81. The average molecular weight is 267 g/mol. The number of carboxylic acid groups (broad SMARTS) is 1. The first kappa shape index (κ1) is 15.2. The van der Waals surface area contributed by atoms with Crippen molar-refractivity contribution in [1.29, 1.82) is 0 Å². The molecule has 1 rings (SSSR count). The van der Waals surface area contributed by atoms with Crippen molar-refractivity contribution >= 4 is 11.9 Å². The molecule has 6 nitrogen and oxygen atoms in total. The van der Waals surface area contributed by atoms with Gasteiger partial charge in [0.25, 0.3) is 0 Å². The van der Waals surface area contributed by atoms with Gasteiger partial charge >= 0.3 is 5.97 Å². The largest absolute Gasteiger partial charge is 0.480 e. The molecule has 1 aromatic rings. The molecule has 106 valence electrons. The van der Waals surface area contributed by atoms with Gasteiger partial charge in [0, 0.05) is 19.7 Å². The second-order valence-corrected chi connectivity index (χ2v) is 4.96. The lowest BCUT2D eigenvalue weighted by Gasteiger charge is -2.25. The van der Waals surface area contributed by atoms with Crippen LogP contribution in [-0.2, 0) is 23.1 Å². The third-order valence-corrected chi connectivity index (χ3v) is 3.04. The van der Waals surface area contributed by atoms with E-state index in [-0.39, 0.29) is 12.3 Å². The fraction of sp³-hybridized carbons (Fsp3) is 0.615. The molecule has 0 aliphatic rings. The highest BCUT2D eigenvalue weighted by Gasteiger charge is 2.33. The van der Waals surface area contributed by atoms with E-state index in [4.69, 9.17) is 0 Å². The van der Waals surface area contributed by atoms with Gasteiger partial charge in [-0.25, -0.2) is 4.79 Å². The molecule has 0 fully saturated rings. The number of carbonyl (C=O) groups is 2. The Hall–Kier alpha value is -1.85. The van der Waals surface area contributed by atoms with Crippen molar-refractivity contribution in [2.24, 2.45) is 7.05 Å². The van der Waals surface area contributed by atoms with Crippen LogP contribution < -0.4 is 5.32 Å². The van der Waals surface area contributed by atoms with Gasteiger partial charge in [0.2, 0.25) is 5.91 Å². The van der Waals surface area contributed by atoms with Crippen molar-refractivity contribution in [3.63, 3.8) is 0 Å². The molecule has 6 heteroatoms. The van der Waals surface area contributed by atoms with E-state index < -0.39 is 11.5 Å². The summed E-state index contributed by atoms with van der Waals surface area (Å²) in [4.78, 5) is 23.0. The number of carbonyl (C=O) groups excluding carboxylic acids is 1. The summed E-state index contributed by atoms with van der Waals surface area (Å²) in [5, 5.41) is 15.8. The van der Waals surface area contributed by atoms with Crippen LogP contribution >= 0.6 is 0 Å². The standard InChI is InChI=1S/C13H21N3O3/c1-4-7-13(2,12(18)19)15-11(17)6-5-10-8-14-16(3)9-10/h8-9H,4-7H2,1-3H3,(H,15,17)(H,18,19). The molecule has 0 aliphatic heterocycles. The number of hydrogen-bond donors (Lipinski definition) is 2. The zero-order chi connectivity index (χ0) is 14.5. The second-order valence-electron chi connectivity index (χ2n) is 4.96. The van der Waals surface area contributed by atoms with E-state index in [0.717, 1.165) is 5.56 Å². The Morgan fingerprint density at radius 3 is 2.68 bits per heavy atom. The van der Waals surface area contributed by atoms with Crippen molar-refractivity contribution < 1.29 is 14.7 Å². The minimum atomic E-state index is -1.18. The second kappa shape index (κ2) is 6.36. The van der Waals surface area contributed by atoms with Crippen LogP contribution in [0.4, 0.5) is 0 Å². The molecule has 0 spiro atoms. The van der Waals surface area contributed by atoms with Crippen LogP contribution in [0.5, 0.6) is 0 Å². The number of aryl methyl sites for hydroxylation is 2. The maximum atomic E-state index is 11.8. The fourth-order valence-electron chi connectivity index (χ4n) is 1.95. The average Bonchev–Trinajstić information content (AvgIpc) is 2.72. The Labute approximate surface area is 112 Å². The molecule has 1 heterocycles. The lowest BCUT2D eigenvalue weighted by atomic mass is 9.96. The number of aromatic nitrogens is 2. The smallest absolute Gasteiger partial charge is 0.329 e. The lowest BCUT2D eigenvalue weighted by Crippen LogP contribution is -2.52. The van der Waals surface area contributed by atoms with Crippen molar-refractivity contribution in [2.45, 2.75) is 45.1 Å². The first-order chi connectivity index (χ1) is 8.87. The maximum Gasteiger partial charge on any atom is 0.329 e. The summed E-state index contributed by atoms with van der Waals surface area (Å²) in [5.41, 5.74) is -0.217. The molecule has 1 unspecified atom stereocenters. The van der Waals surface area contributed by atoms with Crippen molar-refractivity contribution in [3.05, 3.63) is 18.0 Å². The number of nitrogens with zero attached hydrogens (tertiary/aromatic N) is 2. The molecule has 0 aliphatic carbocycles. The molecule has 0 saturated carbocycles. The zero-order valence-corrected chi connectivity index (χ0v) is 11.6. The summed E-state index contributed by atoms with van der Waals surface area (Å²) in [6.07, 6.45) is 5.48. The van der Waals surface area contributed by atoms with Crippen molar-refractivity contribution in [3.8, 4) is 0 Å². The molecule has 1 aromatic heterocycles. The van der Waals surface area contributed by atoms with Crippen LogP contribution in [0.25, 0.3) is 0 Å². The third-order valence-electron chi connectivity index (χ3n) is 3.04. The zero-order valence-electron chi connectivity index (χ0n) is 11.6. The molecular weight excluding hydrogens is 246 g/mol. The van der Waals surface area contributed by atoms with E-state index in [1.54, 1.807) is 17.8 Å². The number of nitrogens with one attached hydrogen (secondary N) is 1. The summed E-state index contributed by atoms with van der Waals surface area (Å²) in [6, 6.07) is 0. The molecule has 0 bridgehead atoms. The fourth-order valence-corrected chi connectivity index (χ4v) is 1.95. The van der Waals surface area contributed by atoms with Crippen molar-refractivity contribution in [1.82, 2.24) is 15.1 Å². The van der Waals surface area contributed by atoms with Crippen LogP contribution in [0.3, 0.4) is 0 Å². The monoisotopic (exact) mass is 267 g/mol. The minimum Gasteiger partial charge on any atom is -0.480 e. The molecule has 19 heavy (non-hydrogen) atoms. The maximum absolute atomic E-state index is 11.8. The molecule has 2 N–H and O–H groups in total. The van der Waals surface area contributed by atoms with E-state index in [1.165, 1.54) is 0 Å². The Balaban J connectivity index is 2.51. The van der Waals surface area contributed by atoms with Crippen LogP contribution in [-0.4, -0.2) is 32.3 Å². The minimum absolute atomic E-state index is 0.248. The van der Waals surface area contributed by atoms with E-state index >= 15 is 0 Å². The van der Waals surface area contributed by atoms with E-state index in [1.807, 2.05) is 20.2 Å². The van der Waals surface area contributed by atoms with E-state index in [0.29, 0.717) is 19.3 Å².